The maximum atomic E-state index is 11.5. The van der Waals surface area contributed by atoms with Crippen molar-refractivity contribution in [1.29, 1.82) is 0 Å². The highest BCUT2D eigenvalue weighted by molar-refractivity contribution is 7.91. The fraction of sp³-hybridized carbons (Fsp3) is 1.00. The van der Waals surface area contributed by atoms with Crippen LogP contribution in [-0.4, -0.2) is 57.0 Å². The van der Waals surface area contributed by atoms with Crippen molar-refractivity contribution in [3.63, 3.8) is 0 Å². The van der Waals surface area contributed by atoms with Gasteiger partial charge in [0.25, 0.3) is 0 Å². The summed E-state index contributed by atoms with van der Waals surface area (Å²) >= 11 is 0. The second kappa shape index (κ2) is 6.87. The van der Waals surface area contributed by atoms with Gasteiger partial charge >= 0.3 is 0 Å². The van der Waals surface area contributed by atoms with Crippen molar-refractivity contribution in [2.24, 2.45) is 0 Å². The lowest BCUT2D eigenvalue weighted by Crippen LogP contribution is -2.43. The normalized spacial score (nSPS) is 29.9. The van der Waals surface area contributed by atoms with Crippen LogP contribution in [0, 0.1) is 0 Å². The Bertz CT molecular complexity index is 335. The van der Waals surface area contributed by atoms with Gasteiger partial charge in [-0.25, -0.2) is 8.42 Å². The van der Waals surface area contributed by atoms with Crippen LogP contribution in [0.2, 0.25) is 0 Å². The largest absolute Gasteiger partial charge is 0.312 e. The quantitative estimate of drug-likeness (QED) is 0.832. The van der Waals surface area contributed by atoms with E-state index in [1.54, 1.807) is 0 Å². The molecule has 2 aliphatic rings. The molecule has 0 bridgehead atoms. The summed E-state index contributed by atoms with van der Waals surface area (Å²) in [5.41, 5.74) is 0. The lowest BCUT2D eigenvalue weighted by Gasteiger charge is -2.25. The standard InChI is InChI=1S/C13H26N2O2S/c16-18(17)11-5-6-13(12-18)14-7-10-15-8-3-1-2-4-9-15/h13-14H,1-12H2. The molecule has 0 saturated carbocycles. The zero-order chi connectivity index (χ0) is 12.8. The van der Waals surface area contributed by atoms with E-state index in [9.17, 15) is 8.42 Å². The summed E-state index contributed by atoms with van der Waals surface area (Å²) in [6.45, 7) is 4.42. The first-order chi connectivity index (χ1) is 8.66. The Kier molecular flexibility index (Phi) is 5.45. The first kappa shape index (κ1) is 14.3. The minimum Gasteiger partial charge on any atom is -0.312 e. The summed E-state index contributed by atoms with van der Waals surface area (Å²) in [4.78, 5) is 2.51. The summed E-state index contributed by atoms with van der Waals surface area (Å²) in [5.74, 6) is 0.726. The highest BCUT2D eigenvalue weighted by Crippen LogP contribution is 2.12. The van der Waals surface area contributed by atoms with Crippen LogP contribution in [0.3, 0.4) is 0 Å². The summed E-state index contributed by atoms with van der Waals surface area (Å²) in [6, 6.07) is 0.190. The van der Waals surface area contributed by atoms with Crippen molar-refractivity contribution in [1.82, 2.24) is 10.2 Å². The Balaban J connectivity index is 1.65. The highest BCUT2D eigenvalue weighted by atomic mass is 32.2. The maximum absolute atomic E-state index is 11.5. The number of rotatable bonds is 4. The van der Waals surface area contributed by atoms with Crippen molar-refractivity contribution in [3.05, 3.63) is 0 Å². The van der Waals surface area contributed by atoms with Crippen LogP contribution in [0.5, 0.6) is 0 Å². The molecular weight excluding hydrogens is 248 g/mol. The molecule has 0 aliphatic carbocycles. The Labute approximate surface area is 111 Å². The fourth-order valence-electron chi connectivity index (χ4n) is 2.97. The monoisotopic (exact) mass is 274 g/mol. The van der Waals surface area contributed by atoms with Gasteiger partial charge in [0.05, 0.1) is 11.5 Å². The Morgan fingerprint density at radius 3 is 2.44 bits per heavy atom. The number of nitrogens with zero attached hydrogens (tertiary/aromatic N) is 1. The average molecular weight is 274 g/mol. The van der Waals surface area contributed by atoms with Crippen LogP contribution in [0.1, 0.15) is 38.5 Å². The second-order valence-corrected chi connectivity index (χ2v) is 7.89. The molecule has 2 saturated heterocycles. The minimum absolute atomic E-state index is 0.190. The Morgan fingerprint density at radius 2 is 1.78 bits per heavy atom. The molecule has 2 rings (SSSR count). The molecule has 1 N–H and O–H groups in total. The van der Waals surface area contributed by atoms with Gasteiger partial charge in [0, 0.05) is 19.1 Å². The molecule has 5 heteroatoms. The van der Waals surface area contributed by atoms with Gasteiger partial charge in [-0.2, -0.15) is 0 Å². The van der Waals surface area contributed by atoms with Gasteiger partial charge in [-0.1, -0.05) is 12.8 Å². The van der Waals surface area contributed by atoms with Gasteiger partial charge in [-0.05, 0) is 38.8 Å². The van der Waals surface area contributed by atoms with E-state index in [0.717, 1.165) is 25.9 Å². The lowest BCUT2D eigenvalue weighted by molar-refractivity contribution is 0.278. The average Bonchev–Trinajstić information content (AvgIpc) is 2.56. The van der Waals surface area contributed by atoms with E-state index in [-0.39, 0.29) is 6.04 Å². The molecule has 2 fully saturated rings. The molecule has 2 heterocycles. The first-order valence-electron chi connectivity index (χ1n) is 7.32. The Morgan fingerprint density at radius 1 is 1.06 bits per heavy atom. The van der Waals surface area contributed by atoms with E-state index in [2.05, 4.69) is 10.2 Å². The van der Waals surface area contributed by atoms with Gasteiger partial charge in [0.15, 0.2) is 9.84 Å². The fourth-order valence-corrected chi connectivity index (χ4v) is 4.64. The molecule has 2 aliphatic heterocycles. The van der Waals surface area contributed by atoms with E-state index in [1.165, 1.54) is 38.8 Å². The summed E-state index contributed by atoms with van der Waals surface area (Å²) < 4.78 is 23.0. The number of likely N-dealkylation sites (tertiary alicyclic amines) is 1. The predicted octanol–water partition coefficient (Wildman–Crippen LogP) is 1.03. The molecule has 1 unspecified atom stereocenters. The van der Waals surface area contributed by atoms with E-state index >= 15 is 0 Å². The predicted molar refractivity (Wildman–Crippen MR) is 74.6 cm³/mol. The van der Waals surface area contributed by atoms with Crippen molar-refractivity contribution in [2.75, 3.05) is 37.7 Å². The molecule has 18 heavy (non-hydrogen) atoms. The number of sulfone groups is 1. The first-order valence-corrected chi connectivity index (χ1v) is 9.14. The van der Waals surface area contributed by atoms with Crippen molar-refractivity contribution < 1.29 is 8.42 Å². The summed E-state index contributed by atoms with van der Waals surface area (Å²) in [7, 11) is -2.77. The molecular formula is C13H26N2O2S. The molecule has 106 valence electrons. The van der Waals surface area contributed by atoms with E-state index in [4.69, 9.17) is 0 Å². The summed E-state index contributed by atoms with van der Waals surface area (Å²) in [6.07, 6.45) is 7.20. The molecule has 0 spiro atoms. The topological polar surface area (TPSA) is 49.4 Å². The lowest BCUT2D eigenvalue weighted by atomic mass is 10.2. The summed E-state index contributed by atoms with van der Waals surface area (Å²) in [5, 5.41) is 3.42. The SMILES string of the molecule is O=S1(=O)CCCC(NCCN2CCCCCC2)C1. The van der Waals surface area contributed by atoms with Gasteiger partial charge < -0.3 is 10.2 Å². The molecule has 4 nitrogen and oxygen atoms in total. The maximum Gasteiger partial charge on any atom is 0.151 e. The third-order valence-corrected chi connectivity index (χ3v) is 5.84. The molecule has 1 atom stereocenters. The van der Waals surface area contributed by atoms with Crippen LogP contribution in [0.15, 0.2) is 0 Å². The third kappa shape index (κ3) is 4.86. The van der Waals surface area contributed by atoms with Gasteiger partial charge in [0.1, 0.15) is 0 Å². The highest BCUT2D eigenvalue weighted by Gasteiger charge is 2.24. The van der Waals surface area contributed by atoms with Crippen LogP contribution in [-0.2, 0) is 9.84 Å². The number of nitrogens with one attached hydrogen (secondary N) is 1. The molecule has 0 aromatic heterocycles. The van der Waals surface area contributed by atoms with Gasteiger partial charge in [0.2, 0.25) is 0 Å². The Hall–Kier alpha value is -0.130. The van der Waals surface area contributed by atoms with Gasteiger partial charge in [-0.15, -0.1) is 0 Å². The van der Waals surface area contributed by atoms with Crippen molar-refractivity contribution in [3.8, 4) is 0 Å². The minimum atomic E-state index is -2.77. The van der Waals surface area contributed by atoms with Crippen molar-refractivity contribution in [2.45, 2.75) is 44.6 Å². The van der Waals surface area contributed by atoms with E-state index < -0.39 is 9.84 Å². The van der Waals surface area contributed by atoms with E-state index in [1.807, 2.05) is 0 Å². The van der Waals surface area contributed by atoms with Crippen LogP contribution in [0.25, 0.3) is 0 Å². The zero-order valence-corrected chi connectivity index (χ0v) is 12.1. The molecule has 0 aromatic carbocycles. The van der Waals surface area contributed by atoms with Crippen LogP contribution < -0.4 is 5.32 Å². The second-order valence-electron chi connectivity index (χ2n) is 5.66. The third-order valence-electron chi connectivity index (χ3n) is 4.02. The number of hydrogen-bond acceptors (Lipinski definition) is 4. The molecule has 0 aromatic rings. The van der Waals surface area contributed by atoms with Crippen LogP contribution in [0.4, 0.5) is 0 Å². The van der Waals surface area contributed by atoms with Gasteiger partial charge in [-0.3, -0.25) is 0 Å². The van der Waals surface area contributed by atoms with Crippen molar-refractivity contribution >= 4 is 9.84 Å². The smallest absolute Gasteiger partial charge is 0.151 e. The number of hydrogen-bond donors (Lipinski definition) is 1. The zero-order valence-electron chi connectivity index (χ0n) is 11.2. The van der Waals surface area contributed by atoms with E-state index in [0.29, 0.717) is 11.5 Å². The molecule has 0 amide bonds. The van der Waals surface area contributed by atoms with Crippen LogP contribution >= 0.6 is 0 Å². The molecule has 0 radical (unpaired) electrons.